The number of nitrogens with one attached hydrogen (secondary N) is 1. The Morgan fingerprint density at radius 2 is 1.91 bits per heavy atom. The van der Waals surface area contributed by atoms with E-state index in [0.717, 1.165) is 5.56 Å². The number of carbonyl (C=O) groups excluding carboxylic acids is 1. The molecule has 34 heavy (non-hydrogen) atoms. The van der Waals surface area contributed by atoms with Crippen LogP contribution in [0.25, 0.3) is 0 Å². The molecule has 1 saturated carbocycles. The topological polar surface area (TPSA) is 95.7 Å². The molecule has 2 aliphatic heterocycles. The van der Waals surface area contributed by atoms with Gasteiger partial charge in [0.05, 0.1) is 18.8 Å². The molecule has 8 nitrogen and oxygen atoms in total. The number of rotatable bonds is 5. The van der Waals surface area contributed by atoms with Gasteiger partial charge in [-0.15, -0.1) is 23.4 Å². The van der Waals surface area contributed by atoms with Crippen LogP contribution in [0.1, 0.15) is 61.5 Å². The van der Waals surface area contributed by atoms with E-state index >= 15 is 0 Å². The van der Waals surface area contributed by atoms with E-state index in [-0.39, 0.29) is 54.9 Å². The Morgan fingerprint density at radius 1 is 1.12 bits per heavy atom. The van der Waals surface area contributed by atoms with E-state index in [4.69, 9.17) is 13.9 Å². The van der Waals surface area contributed by atoms with Crippen LogP contribution in [-0.2, 0) is 20.7 Å². The maximum absolute atomic E-state index is 13.3. The number of benzene rings is 1. The summed E-state index contributed by atoms with van der Waals surface area (Å²) in [6.45, 7) is 0.244. The Morgan fingerprint density at radius 3 is 2.65 bits per heavy atom. The van der Waals surface area contributed by atoms with E-state index in [1.54, 1.807) is 0 Å². The van der Waals surface area contributed by atoms with Crippen molar-refractivity contribution in [1.29, 1.82) is 0 Å². The molecule has 184 valence electrons. The van der Waals surface area contributed by atoms with Crippen LogP contribution >= 0.6 is 0 Å². The molecule has 1 aromatic carbocycles. The fraction of sp³-hybridized carbons (Fsp3) is 0.591. The van der Waals surface area contributed by atoms with Crippen molar-refractivity contribution in [3.05, 3.63) is 41.4 Å². The largest absolute Gasteiger partial charge is 0.522 e. The molecule has 0 spiro atoms. The van der Waals surface area contributed by atoms with Crippen LogP contribution in [0.2, 0.25) is 0 Å². The number of aromatic nitrogens is 2. The summed E-state index contributed by atoms with van der Waals surface area (Å²) in [4.78, 5) is 12.6. The highest BCUT2D eigenvalue weighted by Gasteiger charge is 2.43. The van der Waals surface area contributed by atoms with Gasteiger partial charge in [0.1, 0.15) is 17.7 Å². The molecule has 0 bridgehead atoms. The molecule has 1 N–H and O–H groups in total. The predicted molar refractivity (Wildman–Crippen MR) is 106 cm³/mol. The van der Waals surface area contributed by atoms with Gasteiger partial charge < -0.3 is 19.2 Å². The first kappa shape index (κ1) is 23.0. The number of nitrogens with zero attached hydrogens (tertiary/aromatic N) is 2. The first-order valence-electron chi connectivity index (χ1n) is 11.2. The zero-order valence-corrected chi connectivity index (χ0v) is 18.0. The van der Waals surface area contributed by atoms with E-state index in [0.29, 0.717) is 31.4 Å². The van der Waals surface area contributed by atoms with Crippen molar-refractivity contribution >= 4 is 5.91 Å². The molecule has 1 saturated heterocycles. The van der Waals surface area contributed by atoms with Crippen molar-refractivity contribution in [3.63, 3.8) is 0 Å². The number of hydrogen-bond acceptors (Lipinski definition) is 7. The van der Waals surface area contributed by atoms with E-state index in [1.165, 1.54) is 18.2 Å². The minimum absolute atomic E-state index is 0.170. The van der Waals surface area contributed by atoms with Gasteiger partial charge in [0, 0.05) is 5.92 Å². The van der Waals surface area contributed by atoms with Gasteiger partial charge in [-0.2, -0.15) is 0 Å². The summed E-state index contributed by atoms with van der Waals surface area (Å²) < 4.78 is 71.3. The molecule has 3 atom stereocenters. The number of ether oxygens (including phenoxy) is 3. The lowest BCUT2D eigenvalue weighted by Gasteiger charge is -2.33. The number of carbonyl (C=O) groups is 1. The molecule has 1 aliphatic carbocycles. The van der Waals surface area contributed by atoms with Crippen molar-refractivity contribution in [2.45, 2.75) is 75.2 Å². The van der Waals surface area contributed by atoms with Crippen LogP contribution in [0, 0.1) is 5.82 Å². The molecule has 2 fully saturated rings. The third-order valence-corrected chi connectivity index (χ3v) is 6.36. The van der Waals surface area contributed by atoms with Gasteiger partial charge in [-0.25, -0.2) is 4.39 Å². The van der Waals surface area contributed by atoms with Gasteiger partial charge in [0.15, 0.2) is 6.10 Å². The van der Waals surface area contributed by atoms with Gasteiger partial charge in [0.25, 0.3) is 5.91 Å². The highest BCUT2D eigenvalue weighted by molar-refractivity contribution is 5.81. The van der Waals surface area contributed by atoms with E-state index in [2.05, 4.69) is 20.3 Å². The average molecular weight is 485 g/mol. The van der Waals surface area contributed by atoms with Crippen molar-refractivity contribution in [1.82, 2.24) is 15.5 Å². The Labute approximate surface area is 191 Å². The monoisotopic (exact) mass is 485 g/mol. The van der Waals surface area contributed by atoms with Crippen molar-refractivity contribution in [3.8, 4) is 5.75 Å². The summed E-state index contributed by atoms with van der Waals surface area (Å²) in [5, 5.41) is 10.9. The first-order valence-corrected chi connectivity index (χ1v) is 11.2. The average Bonchev–Trinajstić information content (AvgIpc) is 3.25. The zero-order valence-electron chi connectivity index (χ0n) is 18.0. The quantitative estimate of drug-likeness (QED) is 0.645. The standard InChI is InChI=1S/C22H23F4N3O5/c23-13-2-5-16-11(7-13)1-4-17(32-16)19(30)27-14-3-6-18(31-10-14)21-29-28-20(33-21)12-8-15(9-12)34-22(24,25)26/h2,5,7,12,14-15,17-18H,1,3-4,6,8-10H2,(H,27,30)/t12?,14-,15?,17+,18+/m0/s1. The van der Waals surface area contributed by atoms with Gasteiger partial charge in [-0.1, -0.05) is 0 Å². The molecule has 1 amide bonds. The lowest BCUT2D eigenvalue weighted by Crippen LogP contribution is -2.48. The first-order chi connectivity index (χ1) is 16.2. The maximum Gasteiger partial charge on any atom is 0.522 e. The van der Waals surface area contributed by atoms with Gasteiger partial charge in [-0.05, 0) is 62.3 Å². The minimum Gasteiger partial charge on any atom is -0.480 e. The van der Waals surface area contributed by atoms with Crippen molar-refractivity contribution in [2.75, 3.05) is 6.61 Å². The summed E-state index contributed by atoms with van der Waals surface area (Å²) in [6, 6.07) is 4.04. The molecule has 3 aliphatic rings. The Hall–Kier alpha value is -2.73. The van der Waals surface area contributed by atoms with Crippen LogP contribution < -0.4 is 10.1 Å². The third-order valence-electron chi connectivity index (χ3n) is 6.36. The number of hydrogen-bond donors (Lipinski definition) is 1. The molecule has 3 heterocycles. The Bertz CT molecular complexity index is 1030. The number of fused-ring (bicyclic) bond motifs is 1. The molecule has 2 aromatic rings. The zero-order chi connectivity index (χ0) is 23.9. The minimum atomic E-state index is -4.65. The summed E-state index contributed by atoms with van der Waals surface area (Å²) >= 11 is 0. The normalized spacial score (nSPS) is 29.0. The number of aryl methyl sites for hydroxylation is 1. The number of amides is 1. The number of halogens is 4. The molecule has 1 aromatic heterocycles. The van der Waals surface area contributed by atoms with E-state index in [9.17, 15) is 22.4 Å². The van der Waals surface area contributed by atoms with Crippen LogP contribution in [0.5, 0.6) is 5.75 Å². The molecular weight excluding hydrogens is 462 g/mol. The van der Waals surface area contributed by atoms with Crippen LogP contribution in [0.4, 0.5) is 17.6 Å². The second-order valence-corrected chi connectivity index (χ2v) is 8.83. The van der Waals surface area contributed by atoms with Gasteiger partial charge in [0.2, 0.25) is 11.8 Å². The van der Waals surface area contributed by atoms with E-state index < -0.39 is 24.7 Å². The van der Waals surface area contributed by atoms with E-state index in [1.807, 2.05) is 0 Å². The predicted octanol–water partition coefficient (Wildman–Crippen LogP) is 3.72. The third kappa shape index (κ3) is 5.17. The van der Waals surface area contributed by atoms with Crippen LogP contribution in [-0.4, -0.2) is 47.3 Å². The SMILES string of the molecule is O=C(N[C@H]1CC[C@H](c2nnc(C3CC(OC(F)(F)F)C3)o2)OC1)[C@H]1CCc2cc(F)ccc2O1. The van der Waals surface area contributed by atoms with Crippen LogP contribution in [0.3, 0.4) is 0 Å². The highest BCUT2D eigenvalue weighted by atomic mass is 19.4. The van der Waals surface area contributed by atoms with Gasteiger partial charge >= 0.3 is 6.36 Å². The van der Waals surface area contributed by atoms with Crippen molar-refractivity contribution < 1.29 is 41.0 Å². The molecule has 12 heteroatoms. The maximum atomic E-state index is 13.3. The summed E-state index contributed by atoms with van der Waals surface area (Å²) in [5.74, 6) is 0.233. The fourth-order valence-corrected chi connectivity index (χ4v) is 4.49. The van der Waals surface area contributed by atoms with Gasteiger partial charge in [-0.3, -0.25) is 9.53 Å². The Balaban J connectivity index is 1.07. The summed E-state index contributed by atoms with van der Waals surface area (Å²) in [5.41, 5.74) is 0.747. The lowest BCUT2D eigenvalue weighted by atomic mass is 9.82. The molecule has 5 rings (SSSR count). The second-order valence-electron chi connectivity index (χ2n) is 8.83. The number of alkyl halides is 3. The molecule has 0 unspecified atom stereocenters. The summed E-state index contributed by atoms with van der Waals surface area (Å²) in [6.07, 6.45) is -4.13. The fourth-order valence-electron chi connectivity index (χ4n) is 4.49. The van der Waals surface area contributed by atoms with Crippen LogP contribution in [0.15, 0.2) is 22.6 Å². The Kier molecular flexibility index (Phi) is 6.19. The summed E-state index contributed by atoms with van der Waals surface area (Å²) in [7, 11) is 0. The smallest absolute Gasteiger partial charge is 0.480 e. The lowest BCUT2D eigenvalue weighted by molar-refractivity contribution is -0.352. The second kappa shape index (κ2) is 9.14. The van der Waals surface area contributed by atoms with Crippen molar-refractivity contribution in [2.24, 2.45) is 0 Å². The molecule has 0 radical (unpaired) electrons. The molecular formula is C22H23F4N3O5. The highest BCUT2D eigenvalue weighted by Crippen LogP contribution is 2.41.